The molecule has 43 heavy (non-hydrogen) atoms. The summed E-state index contributed by atoms with van der Waals surface area (Å²) in [7, 11) is -4.81. The third-order valence-corrected chi connectivity index (χ3v) is 6.98. The Kier molecular flexibility index (Phi) is 11.1. The molecule has 0 aliphatic carbocycles. The van der Waals surface area contributed by atoms with Gasteiger partial charge in [0.15, 0.2) is 23.1 Å². The second-order valence-corrected chi connectivity index (χ2v) is 11.4. The fraction of sp³-hybridized carbons (Fsp3) is 0.696. The van der Waals surface area contributed by atoms with Gasteiger partial charge in [-0.1, -0.05) is 0 Å². The molecule has 0 amide bonds. The summed E-state index contributed by atoms with van der Waals surface area (Å²) in [5.74, 6) is -0.112. The number of phosphoric acid groups is 1. The molecule has 0 aromatic carbocycles. The highest BCUT2D eigenvalue weighted by Gasteiger charge is 2.61. The second-order valence-electron chi connectivity index (χ2n) is 9.75. The molecule has 3 atom stereocenters. The van der Waals surface area contributed by atoms with Gasteiger partial charge in [-0.3, -0.25) is 9.09 Å². The van der Waals surface area contributed by atoms with Crippen molar-refractivity contribution in [2.24, 2.45) is 0 Å². The molecule has 2 aromatic rings. The van der Waals surface area contributed by atoms with Gasteiger partial charge >= 0.3 is 20.1 Å². The van der Waals surface area contributed by atoms with E-state index in [0.29, 0.717) is 0 Å². The maximum Gasteiger partial charge on any atom is 0.510 e. The van der Waals surface area contributed by atoms with E-state index in [2.05, 4.69) is 24.4 Å². The maximum atomic E-state index is 16.3. The molecule has 0 radical (unpaired) electrons. The Balaban J connectivity index is 1.76. The minimum absolute atomic E-state index is 0.0585. The van der Waals surface area contributed by atoms with Crippen molar-refractivity contribution < 1.29 is 65.6 Å². The number of fused-ring (bicyclic) bond motifs is 1. The molecule has 0 bridgehead atoms. The number of rotatable bonds is 14. The van der Waals surface area contributed by atoms with E-state index >= 15 is 4.39 Å². The van der Waals surface area contributed by atoms with Crippen molar-refractivity contribution in [3.05, 3.63) is 6.33 Å². The summed E-state index contributed by atoms with van der Waals surface area (Å²) in [5, 5.41) is 11.3. The van der Waals surface area contributed by atoms with Crippen LogP contribution in [0.25, 0.3) is 11.2 Å². The molecule has 1 saturated heterocycles. The predicted molar refractivity (Wildman–Crippen MR) is 141 cm³/mol. The van der Waals surface area contributed by atoms with E-state index in [0.717, 1.165) is 6.92 Å². The number of carbonyl (C=O) groups excluding carboxylic acids is 2. The monoisotopic (exact) mass is 639 g/mol. The number of imidazole rings is 1. The first-order valence-corrected chi connectivity index (χ1v) is 14.4. The summed E-state index contributed by atoms with van der Waals surface area (Å²) in [5.41, 5.74) is 0.891. The summed E-state index contributed by atoms with van der Waals surface area (Å²) in [6, 6.07) is 0. The van der Waals surface area contributed by atoms with E-state index in [1.54, 1.807) is 34.6 Å². The third-order valence-electron chi connectivity index (χ3n) is 5.69. The van der Waals surface area contributed by atoms with Gasteiger partial charge in [0.1, 0.15) is 5.60 Å². The van der Waals surface area contributed by atoms with E-state index in [1.807, 2.05) is 0 Å². The van der Waals surface area contributed by atoms with Crippen molar-refractivity contribution in [1.82, 2.24) is 19.5 Å². The van der Waals surface area contributed by atoms with Crippen LogP contribution in [-0.4, -0.2) is 93.8 Å². The maximum absolute atomic E-state index is 16.3. The first-order valence-electron chi connectivity index (χ1n) is 13.0. The number of nitrogens with two attached hydrogens (primary N) is 1. The Labute approximate surface area is 245 Å². The summed E-state index contributed by atoms with van der Waals surface area (Å²) in [6.07, 6.45) is -3.70. The molecular weight excluding hydrogens is 604 g/mol. The number of nitrogens with zero attached hydrogens (tertiary/aromatic N) is 4. The molecule has 3 heterocycles. The summed E-state index contributed by atoms with van der Waals surface area (Å²) >= 11 is 0. The number of ether oxygens (including phenoxy) is 6. The topological polar surface area (TPSA) is 224 Å². The standard InChI is InChI=1S/C23H35FN5O13P/c1-7-34-17-15-16(27-19(25)28-17)29(10-26-15)18-22(6,24)23(32,8-35-18)9-38-43(33,39-11-36-20(30)41-13(2)3)40-12-37-21(31)42-14(4)5/h10,13-14,18,32H,7-9,11-12H2,1-6H3,(H2,25,27,28)/t18-,22+,23?/m1/s1. The lowest BCUT2D eigenvalue weighted by Gasteiger charge is -2.34. The molecule has 1 fully saturated rings. The SMILES string of the molecule is CCOc1nc(N)nc2c1ncn2[C@@H]1OCC(O)(COP(=O)(OCOC(=O)OC(C)C)OCOC(=O)OC(C)C)[C@@]1(C)F. The molecule has 3 rings (SSSR count). The van der Waals surface area contributed by atoms with Gasteiger partial charge in [-0.2, -0.15) is 9.97 Å². The lowest BCUT2D eigenvalue weighted by atomic mass is 9.88. The molecule has 0 spiro atoms. The van der Waals surface area contributed by atoms with Crippen LogP contribution in [-0.2, 0) is 41.8 Å². The van der Waals surface area contributed by atoms with Crippen molar-refractivity contribution >= 4 is 37.2 Å². The first-order chi connectivity index (χ1) is 20.1. The van der Waals surface area contributed by atoms with Gasteiger partial charge in [-0.05, 0) is 41.5 Å². The molecule has 0 saturated carbocycles. The Hall–Kier alpha value is -3.35. The molecule has 3 N–H and O–H groups in total. The van der Waals surface area contributed by atoms with Gasteiger partial charge < -0.3 is 39.3 Å². The fourth-order valence-electron chi connectivity index (χ4n) is 3.61. The summed E-state index contributed by atoms with van der Waals surface area (Å²) < 4.78 is 75.7. The number of alkyl halides is 1. The molecule has 20 heteroatoms. The third kappa shape index (κ3) is 8.39. The highest BCUT2D eigenvalue weighted by molar-refractivity contribution is 7.48. The zero-order chi connectivity index (χ0) is 32.0. The van der Waals surface area contributed by atoms with Crippen LogP contribution in [0.5, 0.6) is 5.88 Å². The Morgan fingerprint density at radius 3 is 2.26 bits per heavy atom. The number of hydrogen-bond acceptors (Lipinski definition) is 17. The van der Waals surface area contributed by atoms with Crippen molar-refractivity contribution in [2.45, 2.75) is 71.2 Å². The summed E-state index contributed by atoms with van der Waals surface area (Å²) in [6.45, 7) is 5.50. The Morgan fingerprint density at radius 2 is 1.72 bits per heavy atom. The van der Waals surface area contributed by atoms with Crippen molar-refractivity contribution in [3.8, 4) is 5.88 Å². The van der Waals surface area contributed by atoms with Crippen LogP contribution in [0, 0.1) is 0 Å². The highest BCUT2D eigenvalue weighted by Crippen LogP contribution is 2.53. The predicted octanol–water partition coefficient (Wildman–Crippen LogP) is 2.99. The van der Waals surface area contributed by atoms with Crippen LogP contribution in [0.3, 0.4) is 0 Å². The first kappa shape index (κ1) is 34.1. The van der Waals surface area contributed by atoms with Gasteiger partial charge in [0.25, 0.3) is 0 Å². The molecule has 1 aliphatic rings. The van der Waals surface area contributed by atoms with E-state index in [1.165, 1.54) is 10.9 Å². The molecule has 1 unspecified atom stereocenters. The van der Waals surface area contributed by atoms with Gasteiger partial charge in [0.05, 0.1) is 38.4 Å². The molecule has 1 aliphatic heterocycles. The highest BCUT2D eigenvalue weighted by atomic mass is 31.2. The Morgan fingerprint density at radius 1 is 1.14 bits per heavy atom. The number of aliphatic hydroxyl groups is 1. The van der Waals surface area contributed by atoms with Crippen LogP contribution in [0.1, 0.15) is 47.8 Å². The van der Waals surface area contributed by atoms with E-state index in [-0.39, 0.29) is 29.6 Å². The Bertz CT molecular complexity index is 1290. The van der Waals surface area contributed by atoms with Gasteiger partial charge in [-0.25, -0.2) is 32.6 Å². The van der Waals surface area contributed by atoms with Crippen molar-refractivity contribution in [1.29, 1.82) is 0 Å². The zero-order valence-corrected chi connectivity index (χ0v) is 25.3. The minimum Gasteiger partial charge on any atom is -0.476 e. The van der Waals surface area contributed by atoms with Gasteiger partial charge in [-0.15, -0.1) is 0 Å². The number of anilines is 1. The zero-order valence-electron chi connectivity index (χ0n) is 24.4. The smallest absolute Gasteiger partial charge is 0.476 e. The van der Waals surface area contributed by atoms with Crippen LogP contribution in [0.15, 0.2) is 6.33 Å². The van der Waals surface area contributed by atoms with Gasteiger partial charge in [0.2, 0.25) is 25.4 Å². The van der Waals surface area contributed by atoms with Crippen molar-refractivity contribution in [3.63, 3.8) is 0 Å². The molecule has 18 nitrogen and oxygen atoms in total. The largest absolute Gasteiger partial charge is 0.510 e. The van der Waals surface area contributed by atoms with E-state index in [9.17, 15) is 19.3 Å². The normalized spacial score (nSPS) is 22.2. The van der Waals surface area contributed by atoms with Crippen LogP contribution >= 0.6 is 7.82 Å². The van der Waals surface area contributed by atoms with Crippen LogP contribution in [0.2, 0.25) is 0 Å². The molecule has 2 aromatic heterocycles. The fourth-order valence-corrected chi connectivity index (χ4v) is 4.57. The number of aromatic nitrogens is 4. The van der Waals surface area contributed by atoms with Crippen LogP contribution in [0.4, 0.5) is 19.9 Å². The average molecular weight is 640 g/mol. The quantitative estimate of drug-likeness (QED) is 0.172. The number of phosphoric ester groups is 1. The average Bonchev–Trinajstić information content (AvgIpc) is 3.40. The summed E-state index contributed by atoms with van der Waals surface area (Å²) in [4.78, 5) is 35.5. The molecular formula is C23H35FN5O13P. The lowest BCUT2D eigenvalue weighted by Crippen LogP contribution is -2.53. The van der Waals surface area contributed by atoms with Crippen LogP contribution < -0.4 is 10.5 Å². The van der Waals surface area contributed by atoms with E-state index in [4.69, 9.17) is 38.3 Å². The van der Waals surface area contributed by atoms with E-state index < -0.39 is 76.6 Å². The number of carbonyl (C=O) groups is 2. The lowest BCUT2D eigenvalue weighted by molar-refractivity contribution is -0.113. The van der Waals surface area contributed by atoms with Crippen molar-refractivity contribution in [2.75, 3.05) is 39.1 Å². The minimum atomic E-state index is -4.81. The second kappa shape index (κ2) is 14.0. The number of nitrogen functional groups attached to an aromatic ring is 1. The van der Waals surface area contributed by atoms with Gasteiger partial charge in [0, 0.05) is 0 Å². The molecule has 242 valence electrons. The number of halogens is 1. The number of hydrogen-bond donors (Lipinski definition) is 2.